The molecule has 3 rings (SSSR count). The van der Waals surface area contributed by atoms with E-state index in [1.54, 1.807) is 36.4 Å². The van der Waals surface area contributed by atoms with Gasteiger partial charge in [0.15, 0.2) is 0 Å². The van der Waals surface area contributed by atoms with E-state index in [2.05, 4.69) is 13.2 Å². The first kappa shape index (κ1) is 26.0. The van der Waals surface area contributed by atoms with Crippen LogP contribution in [0.1, 0.15) is 12.5 Å². The van der Waals surface area contributed by atoms with Crippen LogP contribution in [0.15, 0.2) is 104 Å². The lowest BCUT2D eigenvalue weighted by Crippen LogP contribution is -2.12. The van der Waals surface area contributed by atoms with Gasteiger partial charge in [-0.3, -0.25) is 0 Å². The fourth-order valence-corrected chi connectivity index (χ4v) is 3.05. The fourth-order valence-electron chi connectivity index (χ4n) is 3.05. The fraction of sp³-hybridized carbons (Fsp3) is 0.0714. The molecule has 0 heterocycles. The van der Waals surface area contributed by atoms with E-state index in [-0.39, 0.29) is 5.57 Å². The Kier molecular flexibility index (Phi) is 8.11. The van der Waals surface area contributed by atoms with Crippen molar-refractivity contribution < 1.29 is 37.0 Å². The van der Waals surface area contributed by atoms with Crippen molar-refractivity contribution in [1.82, 2.24) is 0 Å². The third-order valence-electron chi connectivity index (χ3n) is 4.85. The van der Waals surface area contributed by atoms with E-state index in [4.69, 9.17) is 14.2 Å². The molecule has 0 N–H and O–H groups in total. The predicted octanol–water partition coefficient (Wildman–Crippen LogP) is 7.10. The Hall–Kier alpha value is -4.59. The second-order valence-corrected chi connectivity index (χ2v) is 7.51. The number of halogens is 3. The summed E-state index contributed by atoms with van der Waals surface area (Å²) in [4.78, 5) is 22.7. The predicted molar refractivity (Wildman–Crippen MR) is 129 cm³/mol. The molecule has 3 aromatic rings. The van der Waals surface area contributed by atoms with Gasteiger partial charge in [0.2, 0.25) is 0 Å². The van der Waals surface area contributed by atoms with Crippen LogP contribution >= 0.6 is 0 Å². The SMILES string of the molecule is C=CC(=O)Oc1ccc(-c2ccc(-c3ccc(O/C=C\OC(=O)C(=C)C)cc3)cc2)cc1C(F)(F)F. The van der Waals surface area contributed by atoms with Gasteiger partial charge in [-0.05, 0) is 53.4 Å². The van der Waals surface area contributed by atoms with E-state index >= 15 is 0 Å². The maximum absolute atomic E-state index is 13.5. The lowest BCUT2D eigenvalue weighted by atomic mass is 9.98. The summed E-state index contributed by atoms with van der Waals surface area (Å²) in [7, 11) is 0. The molecule has 0 aliphatic carbocycles. The van der Waals surface area contributed by atoms with Crippen molar-refractivity contribution in [2.75, 3.05) is 0 Å². The molecule has 5 nitrogen and oxygen atoms in total. The molecule has 0 atom stereocenters. The van der Waals surface area contributed by atoms with Crippen LogP contribution in [0.5, 0.6) is 11.5 Å². The Balaban J connectivity index is 1.74. The zero-order valence-corrected chi connectivity index (χ0v) is 19.2. The summed E-state index contributed by atoms with van der Waals surface area (Å²) in [6.07, 6.45) is -1.57. The molecular weight excluding hydrogens is 473 g/mol. The molecule has 0 spiro atoms. The van der Waals surface area contributed by atoms with E-state index in [1.807, 2.05) is 12.1 Å². The van der Waals surface area contributed by atoms with E-state index in [1.165, 1.54) is 19.3 Å². The Bertz CT molecular complexity index is 1300. The highest BCUT2D eigenvalue weighted by Gasteiger charge is 2.35. The molecule has 0 amide bonds. The van der Waals surface area contributed by atoms with E-state index in [9.17, 15) is 22.8 Å². The van der Waals surface area contributed by atoms with Crippen LogP contribution in [0.25, 0.3) is 22.3 Å². The minimum atomic E-state index is -4.71. The molecule has 0 aliphatic rings. The quantitative estimate of drug-likeness (QED) is 0.145. The molecule has 0 bridgehead atoms. The first-order valence-electron chi connectivity index (χ1n) is 10.5. The Labute approximate surface area is 205 Å². The molecule has 3 aromatic carbocycles. The van der Waals surface area contributed by atoms with Crippen molar-refractivity contribution in [3.05, 3.63) is 110 Å². The third-order valence-corrected chi connectivity index (χ3v) is 4.85. The van der Waals surface area contributed by atoms with Crippen LogP contribution in [0.2, 0.25) is 0 Å². The second kappa shape index (κ2) is 11.2. The molecule has 0 aliphatic heterocycles. The van der Waals surface area contributed by atoms with Gasteiger partial charge in [-0.15, -0.1) is 0 Å². The highest BCUT2D eigenvalue weighted by atomic mass is 19.4. The third kappa shape index (κ3) is 6.73. The summed E-state index contributed by atoms with van der Waals surface area (Å²) < 4.78 is 55.5. The molecule has 0 aromatic heterocycles. The van der Waals surface area contributed by atoms with Crippen LogP contribution in [0.4, 0.5) is 13.2 Å². The average molecular weight is 494 g/mol. The first-order chi connectivity index (χ1) is 17.1. The summed E-state index contributed by atoms with van der Waals surface area (Å²) in [5.74, 6) is -1.61. The van der Waals surface area contributed by atoms with Gasteiger partial charge in [-0.25, -0.2) is 9.59 Å². The zero-order chi connectivity index (χ0) is 26.3. The molecule has 0 fully saturated rings. The van der Waals surface area contributed by atoms with Crippen LogP contribution in [0.3, 0.4) is 0 Å². The Morgan fingerprint density at radius 2 is 1.36 bits per heavy atom. The molecule has 0 unspecified atom stereocenters. The van der Waals surface area contributed by atoms with Gasteiger partial charge in [0, 0.05) is 11.6 Å². The summed E-state index contributed by atoms with van der Waals surface area (Å²) in [6.45, 7) is 8.19. The standard InChI is InChI=1S/C28H21F3O5/c1-4-26(32)36-25-14-11-22(17-24(25)28(29,30)31)21-7-5-19(6-8-21)20-9-12-23(13-10-20)34-15-16-35-27(33)18(2)3/h4-17H,1-2H2,3H3/b16-15-. The summed E-state index contributed by atoms with van der Waals surface area (Å²) in [6, 6.07) is 17.5. The number of alkyl halides is 3. The molecule has 0 radical (unpaired) electrons. The van der Waals surface area contributed by atoms with Crippen LogP contribution in [-0.2, 0) is 20.5 Å². The topological polar surface area (TPSA) is 61.8 Å². The van der Waals surface area contributed by atoms with Crippen molar-refractivity contribution in [2.45, 2.75) is 13.1 Å². The number of rotatable bonds is 8. The van der Waals surface area contributed by atoms with Crippen LogP contribution in [-0.4, -0.2) is 11.9 Å². The zero-order valence-electron chi connectivity index (χ0n) is 19.2. The monoisotopic (exact) mass is 494 g/mol. The Morgan fingerprint density at radius 3 is 1.89 bits per heavy atom. The van der Waals surface area contributed by atoms with Crippen LogP contribution in [0, 0.1) is 0 Å². The maximum Gasteiger partial charge on any atom is 0.420 e. The molecule has 8 heteroatoms. The summed E-state index contributed by atoms with van der Waals surface area (Å²) in [5, 5.41) is 0. The maximum atomic E-state index is 13.5. The lowest BCUT2D eigenvalue weighted by molar-refractivity contribution is -0.141. The lowest BCUT2D eigenvalue weighted by Gasteiger charge is -2.14. The molecule has 0 saturated heterocycles. The normalized spacial score (nSPS) is 11.1. The highest BCUT2D eigenvalue weighted by Crippen LogP contribution is 2.39. The van der Waals surface area contributed by atoms with Gasteiger partial charge in [-0.2, -0.15) is 13.2 Å². The van der Waals surface area contributed by atoms with Gasteiger partial charge in [-0.1, -0.05) is 55.6 Å². The largest absolute Gasteiger partial charge is 0.462 e. The first-order valence-corrected chi connectivity index (χ1v) is 10.5. The number of carbonyl (C=O) groups is 2. The number of ether oxygens (including phenoxy) is 3. The number of hydrogen-bond acceptors (Lipinski definition) is 5. The number of esters is 2. The van der Waals surface area contributed by atoms with E-state index < -0.39 is 29.4 Å². The number of benzene rings is 3. The van der Waals surface area contributed by atoms with E-state index in [0.717, 1.165) is 35.6 Å². The van der Waals surface area contributed by atoms with Crippen molar-refractivity contribution in [1.29, 1.82) is 0 Å². The molecule has 184 valence electrons. The number of carbonyl (C=O) groups excluding carboxylic acids is 2. The van der Waals surface area contributed by atoms with Crippen LogP contribution < -0.4 is 9.47 Å². The Morgan fingerprint density at radius 1 is 0.833 bits per heavy atom. The minimum absolute atomic E-state index is 0.266. The van der Waals surface area contributed by atoms with Gasteiger partial charge in [0.25, 0.3) is 0 Å². The smallest absolute Gasteiger partial charge is 0.420 e. The molecule has 36 heavy (non-hydrogen) atoms. The highest BCUT2D eigenvalue weighted by molar-refractivity contribution is 5.87. The average Bonchev–Trinajstić information content (AvgIpc) is 2.86. The second-order valence-electron chi connectivity index (χ2n) is 7.51. The van der Waals surface area contributed by atoms with E-state index in [0.29, 0.717) is 16.9 Å². The van der Waals surface area contributed by atoms with Crippen molar-refractivity contribution in [3.63, 3.8) is 0 Å². The molecular formula is C28H21F3O5. The van der Waals surface area contributed by atoms with Crippen molar-refractivity contribution in [2.24, 2.45) is 0 Å². The molecule has 0 saturated carbocycles. The van der Waals surface area contributed by atoms with Gasteiger partial charge >= 0.3 is 18.1 Å². The summed E-state index contributed by atoms with van der Waals surface area (Å²) >= 11 is 0. The van der Waals surface area contributed by atoms with Gasteiger partial charge < -0.3 is 14.2 Å². The van der Waals surface area contributed by atoms with Crippen molar-refractivity contribution >= 4 is 11.9 Å². The van der Waals surface area contributed by atoms with Gasteiger partial charge in [0.05, 0.1) is 5.56 Å². The van der Waals surface area contributed by atoms with Gasteiger partial charge in [0.1, 0.15) is 24.0 Å². The number of hydrogen-bond donors (Lipinski definition) is 0. The minimum Gasteiger partial charge on any atom is -0.462 e. The van der Waals surface area contributed by atoms with Crippen molar-refractivity contribution in [3.8, 4) is 33.8 Å². The summed E-state index contributed by atoms with van der Waals surface area (Å²) in [5.41, 5.74) is 1.77.